The molecular weight excluding hydrogens is 200 g/mol. The molecule has 16 heavy (non-hydrogen) atoms. The molecule has 90 valence electrons. The van der Waals surface area contributed by atoms with E-state index < -0.39 is 0 Å². The Morgan fingerprint density at radius 2 is 2.19 bits per heavy atom. The average molecular weight is 222 g/mol. The van der Waals surface area contributed by atoms with Gasteiger partial charge < -0.3 is 10.1 Å². The first-order valence-electron chi connectivity index (χ1n) is 6.13. The number of rotatable bonds is 8. The predicted octanol–water partition coefficient (Wildman–Crippen LogP) is 3.22. The van der Waals surface area contributed by atoms with E-state index in [4.69, 9.17) is 4.74 Å². The largest absolute Gasteiger partial charge is 0.385 e. The van der Waals surface area contributed by atoms with Crippen molar-refractivity contribution in [1.29, 1.82) is 0 Å². The quantitative estimate of drug-likeness (QED) is 0.686. The summed E-state index contributed by atoms with van der Waals surface area (Å²) in [7, 11) is 0. The van der Waals surface area contributed by atoms with Crippen LogP contribution in [0.5, 0.6) is 0 Å². The maximum atomic E-state index is 5.53. The third-order valence-electron chi connectivity index (χ3n) is 2.29. The van der Waals surface area contributed by atoms with Gasteiger partial charge in [-0.2, -0.15) is 0 Å². The molecule has 0 radical (unpaired) electrons. The lowest BCUT2D eigenvalue weighted by Crippen LogP contribution is -2.02. The van der Waals surface area contributed by atoms with Gasteiger partial charge in [0.05, 0.1) is 12.3 Å². The fraction of sp³-hybridized carbons (Fsp3) is 0.615. The maximum Gasteiger partial charge on any atom is 0.0888 e. The van der Waals surface area contributed by atoms with Crippen molar-refractivity contribution in [2.24, 2.45) is 0 Å². The number of anilines is 1. The smallest absolute Gasteiger partial charge is 0.0888 e. The zero-order valence-corrected chi connectivity index (χ0v) is 10.3. The molecule has 3 heteroatoms. The second kappa shape index (κ2) is 8.11. The molecule has 0 spiro atoms. The highest BCUT2D eigenvalue weighted by molar-refractivity contribution is 5.42. The SMILES string of the molecule is CCCCOCc1cc(NCCC)ccn1. The minimum atomic E-state index is 0.613. The van der Waals surface area contributed by atoms with Gasteiger partial charge in [-0.15, -0.1) is 0 Å². The van der Waals surface area contributed by atoms with Crippen LogP contribution in [0.15, 0.2) is 18.3 Å². The van der Waals surface area contributed by atoms with Crippen LogP contribution >= 0.6 is 0 Å². The maximum absolute atomic E-state index is 5.53. The first-order chi connectivity index (χ1) is 7.86. The summed E-state index contributed by atoms with van der Waals surface area (Å²) in [5, 5.41) is 3.34. The number of hydrogen-bond donors (Lipinski definition) is 1. The third-order valence-corrected chi connectivity index (χ3v) is 2.29. The minimum Gasteiger partial charge on any atom is -0.385 e. The summed E-state index contributed by atoms with van der Waals surface area (Å²) in [5.41, 5.74) is 2.13. The Bertz CT molecular complexity index is 289. The van der Waals surface area contributed by atoms with Gasteiger partial charge in [0.15, 0.2) is 0 Å². The number of nitrogens with one attached hydrogen (secondary N) is 1. The Labute approximate surface area is 98.2 Å². The molecule has 1 aromatic rings. The summed E-state index contributed by atoms with van der Waals surface area (Å²) in [6, 6.07) is 4.05. The molecule has 0 fully saturated rings. The number of hydrogen-bond acceptors (Lipinski definition) is 3. The molecular formula is C13H22N2O. The summed E-state index contributed by atoms with van der Waals surface area (Å²) >= 11 is 0. The van der Waals surface area contributed by atoms with E-state index in [-0.39, 0.29) is 0 Å². The van der Waals surface area contributed by atoms with Crippen molar-refractivity contribution < 1.29 is 4.74 Å². The Kier molecular flexibility index (Phi) is 6.58. The zero-order chi connectivity index (χ0) is 11.6. The van der Waals surface area contributed by atoms with Crippen molar-refractivity contribution in [3.05, 3.63) is 24.0 Å². The van der Waals surface area contributed by atoms with E-state index in [0.717, 1.165) is 37.4 Å². The van der Waals surface area contributed by atoms with Crippen LogP contribution in [0.3, 0.4) is 0 Å². The molecule has 1 heterocycles. The molecule has 1 rings (SSSR count). The Morgan fingerprint density at radius 1 is 1.31 bits per heavy atom. The van der Waals surface area contributed by atoms with Gasteiger partial charge in [0.1, 0.15) is 0 Å². The van der Waals surface area contributed by atoms with Gasteiger partial charge in [-0.05, 0) is 25.0 Å². The fourth-order valence-electron chi connectivity index (χ4n) is 1.36. The van der Waals surface area contributed by atoms with Crippen LogP contribution in [0.1, 0.15) is 38.8 Å². The summed E-state index contributed by atoms with van der Waals surface area (Å²) < 4.78 is 5.53. The average Bonchev–Trinajstić information content (AvgIpc) is 2.33. The first kappa shape index (κ1) is 13.0. The molecule has 0 aliphatic carbocycles. The van der Waals surface area contributed by atoms with Gasteiger partial charge in [0.25, 0.3) is 0 Å². The second-order valence-corrected chi connectivity index (χ2v) is 3.87. The number of unbranched alkanes of at least 4 members (excludes halogenated alkanes) is 1. The van der Waals surface area contributed by atoms with Crippen molar-refractivity contribution in [3.8, 4) is 0 Å². The Morgan fingerprint density at radius 3 is 2.94 bits per heavy atom. The zero-order valence-electron chi connectivity index (χ0n) is 10.3. The van der Waals surface area contributed by atoms with Gasteiger partial charge >= 0.3 is 0 Å². The van der Waals surface area contributed by atoms with E-state index in [1.54, 1.807) is 0 Å². The minimum absolute atomic E-state index is 0.613. The van der Waals surface area contributed by atoms with E-state index in [9.17, 15) is 0 Å². The monoisotopic (exact) mass is 222 g/mol. The van der Waals surface area contributed by atoms with Gasteiger partial charge in [-0.1, -0.05) is 20.3 Å². The van der Waals surface area contributed by atoms with E-state index >= 15 is 0 Å². The number of nitrogens with zero attached hydrogens (tertiary/aromatic N) is 1. The lowest BCUT2D eigenvalue weighted by molar-refractivity contribution is 0.115. The topological polar surface area (TPSA) is 34.1 Å². The fourth-order valence-corrected chi connectivity index (χ4v) is 1.36. The number of pyridine rings is 1. The van der Waals surface area contributed by atoms with Crippen LogP contribution < -0.4 is 5.32 Å². The third kappa shape index (κ3) is 5.12. The standard InChI is InChI=1S/C13H22N2O/c1-3-5-9-16-11-13-10-12(6-8-15-13)14-7-4-2/h6,8,10H,3-5,7,9,11H2,1-2H3,(H,14,15). The Balaban J connectivity index is 2.35. The van der Waals surface area contributed by atoms with Crippen molar-refractivity contribution in [3.63, 3.8) is 0 Å². The van der Waals surface area contributed by atoms with Gasteiger partial charge in [-0.25, -0.2) is 0 Å². The highest BCUT2D eigenvalue weighted by Gasteiger charge is 1.97. The normalized spacial score (nSPS) is 10.4. The second-order valence-electron chi connectivity index (χ2n) is 3.87. The van der Waals surface area contributed by atoms with E-state index in [1.165, 1.54) is 6.42 Å². The molecule has 0 aromatic carbocycles. The van der Waals surface area contributed by atoms with Crippen LogP contribution in [0.2, 0.25) is 0 Å². The summed E-state index contributed by atoms with van der Waals surface area (Å²) in [4.78, 5) is 4.28. The van der Waals surface area contributed by atoms with Crippen LogP contribution in [0, 0.1) is 0 Å². The van der Waals surface area contributed by atoms with Gasteiger partial charge in [-0.3, -0.25) is 4.98 Å². The van der Waals surface area contributed by atoms with Crippen molar-refractivity contribution in [1.82, 2.24) is 4.98 Å². The van der Waals surface area contributed by atoms with Crippen LogP contribution in [0.25, 0.3) is 0 Å². The molecule has 0 amide bonds. The highest BCUT2D eigenvalue weighted by Crippen LogP contribution is 2.09. The summed E-state index contributed by atoms with van der Waals surface area (Å²) in [6.07, 6.45) is 5.25. The molecule has 0 saturated heterocycles. The van der Waals surface area contributed by atoms with E-state index in [0.29, 0.717) is 6.61 Å². The van der Waals surface area contributed by atoms with Crippen LogP contribution in [-0.2, 0) is 11.3 Å². The van der Waals surface area contributed by atoms with E-state index in [2.05, 4.69) is 30.2 Å². The summed E-state index contributed by atoms with van der Waals surface area (Å²) in [6.45, 7) is 6.76. The molecule has 0 atom stereocenters. The Hall–Kier alpha value is -1.09. The first-order valence-corrected chi connectivity index (χ1v) is 6.13. The van der Waals surface area contributed by atoms with E-state index in [1.807, 2.05) is 12.3 Å². The molecule has 0 aliphatic rings. The van der Waals surface area contributed by atoms with Crippen molar-refractivity contribution >= 4 is 5.69 Å². The van der Waals surface area contributed by atoms with Crippen LogP contribution in [-0.4, -0.2) is 18.1 Å². The summed E-state index contributed by atoms with van der Waals surface area (Å²) in [5.74, 6) is 0. The number of aromatic nitrogens is 1. The lowest BCUT2D eigenvalue weighted by Gasteiger charge is -2.07. The lowest BCUT2D eigenvalue weighted by atomic mass is 10.3. The van der Waals surface area contributed by atoms with Crippen molar-refractivity contribution in [2.75, 3.05) is 18.5 Å². The number of ether oxygens (including phenoxy) is 1. The van der Waals surface area contributed by atoms with Gasteiger partial charge in [0, 0.05) is 25.0 Å². The highest BCUT2D eigenvalue weighted by atomic mass is 16.5. The molecule has 0 bridgehead atoms. The molecule has 0 saturated carbocycles. The molecule has 0 unspecified atom stereocenters. The molecule has 0 aliphatic heterocycles. The predicted molar refractivity (Wildman–Crippen MR) is 67.6 cm³/mol. The van der Waals surface area contributed by atoms with Crippen molar-refractivity contribution in [2.45, 2.75) is 39.7 Å². The molecule has 1 N–H and O–H groups in total. The molecule has 1 aromatic heterocycles. The molecule has 3 nitrogen and oxygen atoms in total. The van der Waals surface area contributed by atoms with Crippen LogP contribution in [0.4, 0.5) is 5.69 Å². The van der Waals surface area contributed by atoms with Gasteiger partial charge in [0.2, 0.25) is 0 Å².